The molecule has 0 unspecified atom stereocenters. The zero-order valence-corrected chi connectivity index (χ0v) is 12.5. The quantitative estimate of drug-likeness (QED) is 0.813. The minimum atomic E-state index is -0.0769. The molecule has 1 aliphatic heterocycles. The second-order valence-electron chi connectivity index (χ2n) is 5.38. The van der Waals surface area contributed by atoms with Gasteiger partial charge in [0.1, 0.15) is 0 Å². The fourth-order valence-corrected chi connectivity index (χ4v) is 3.44. The molecule has 19 heavy (non-hydrogen) atoms. The molecule has 4 nitrogen and oxygen atoms in total. The molecule has 2 rings (SSSR count). The Morgan fingerprint density at radius 2 is 2.21 bits per heavy atom. The van der Waals surface area contributed by atoms with Crippen molar-refractivity contribution in [3.8, 4) is 0 Å². The highest BCUT2D eigenvalue weighted by Gasteiger charge is 2.28. The fourth-order valence-electron chi connectivity index (χ4n) is 2.33. The molecule has 1 heterocycles. The largest absolute Gasteiger partial charge is 0.397 e. The van der Waals surface area contributed by atoms with E-state index in [0.717, 1.165) is 30.2 Å². The number of carbonyl (C=O) groups is 1. The van der Waals surface area contributed by atoms with Crippen molar-refractivity contribution in [3.63, 3.8) is 0 Å². The lowest BCUT2D eigenvalue weighted by Gasteiger charge is -2.39. The highest BCUT2D eigenvalue weighted by molar-refractivity contribution is 8.00. The van der Waals surface area contributed by atoms with Gasteiger partial charge < -0.3 is 16.0 Å². The maximum absolute atomic E-state index is 11.7. The van der Waals surface area contributed by atoms with Crippen LogP contribution < -0.4 is 16.0 Å². The lowest BCUT2D eigenvalue weighted by molar-refractivity contribution is 0.0963. The van der Waals surface area contributed by atoms with Crippen LogP contribution in [0.25, 0.3) is 0 Å². The zero-order chi connectivity index (χ0) is 14.0. The van der Waals surface area contributed by atoms with Crippen LogP contribution in [-0.4, -0.2) is 36.5 Å². The van der Waals surface area contributed by atoms with Gasteiger partial charge in [0.2, 0.25) is 0 Å². The van der Waals surface area contributed by atoms with E-state index in [4.69, 9.17) is 5.73 Å². The predicted octanol–water partition coefficient (Wildman–Crippen LogP) is 1.96. The Kier molecular flexibility index (Phi) is 3.94. The third kappa shape index (κ3) is 3.15. The van der Waals surface area contributed by atoms with Gasteiger partial charge in [-0.25, -0.2) is 0 Å². The summed E-state index contributed by atoms with van der Waals surface area (Å²) in [6, 6.07) is 5.47. The third-order valence-corrected chi connectivity index (χ3v) is 4.58. The number of nitrogens with two attached hydrogens (primary N) is 1. The van der Waals surface area contributed by atoms with Crippen LogP contribution in [0.15, 0.2) is 18.2 Å². The summed E-state index contributed by atoms with van der Waals surface area (Å²) in [5.41, 5.74) is 8.42. The highest BCUT2D eigenvalue weighted by Crippen LogP contribution is 2.34. The van der Waals surface area contributed by atoms with E-state index in [0.29, 0.717) is 5.56 Å². The number of hydrogen-bond donors (Lipinski definition) is 2. The number of amides is 1. The first-order valence-corrected chi connectivity index (χ1v) is 7.42. The number of nitrogens with one attached hydrogen (secondary N) is 1. The number of benzene rings is 1. The SMILES string of the molecule is CNC(=O)c1ccc(N)c(N2CCSC(C)(C)C2)c1. The second-order valence-corrected chi connectivity index (χ2v) is 7.18. The number of anilines is 2. The molecule has 0 radical (unpaired) electrons. The van der Waals surface area contributed by atoms with E-state index in [2.05, 4.69) is 24.1 Å². The molecule has 1 amide bonds. The Morgan fingerprint density at radius 3 is 2.84 bits per heavy atom. The average Bonchev–Trinajstić information content (AvgIpc) is 2.37. The highest BCUT2D eigenvalue weighted by atomic mass is 32.2. The number of thioether (sulfide) groups is 1. The maximum Gasteiger partial charge on any atom is 0.251 e. The number of nitrogen functional groups attached to an aromatic ring is 1. The first kappa shape index (κ1) is 14.1. The van der Waals surface area contributed by atoms with Crippen LogP contribution in [0.5, 0.6) is 0 Å². The van der Waals surface area contributed by atoms with Crippen LogP contribution in [0.4, 0.5) is 11.4 Å². The molecule has 0 aromatic heterocycles. The van der Waals surface area contributed by atoms with Gasteiger partial charge in [-0.1, -0.05) is 0 Å². The van der Waals surface area contributed by atoms with E-state index >= 15 is 0 Å². The number of hydrogen-bond acceptors (Lipinski definition) is 4. The molecule has 5 heteroatoms. The molecule has 3 N–H and O–H groups in total. The molecule has 0 saturated carbocycles. The van der Waals surface area contributed by atoms with Crippen molar-refractivity contribution in [1.29, 1.82) is 0 Å². The van der Waals surface area contributed by atoms with E-state index in [-0.39, 0.29) is 10.7 Å². The molecule has 104 valence electrons. The molecule has 0 atom stereocenters. The number of rotatable bonds is 2. The molecule has 1 aromatic rings. The molecule has 1 saturated heterocycles. The fraction of sp³-hybridized carbons (Fsp3) is 0.500. The molecular weight excluding hydrogens is 258 g/mol. The van der Waals surface area contributed by atoms with Gasteiger partial charge in [-0.2, -0.15) is 11.8 Å². The molecule has 1 fully saturated rings. The van der Waals surface area contributed by atoms with Gasteiger partial charge in [0.15, 0.2) is 0 Å². The standard InChI is InChI=1S/C14H21N3OS/c1-14(2)9-17(6-7-19-14)12-8-10(13(18)16-3)4-5-11(12)15/h4-5,8H,6-7,9,15H2,1-3H3,(H,16,18). The summed E-state index contributed by atoms with van der Waals surface area (Å²) < 4.78 is 0.216. The smallest absolute Gasteiger partial charge is 0.251 e. The summed E-state index contributed by atoms with van der Waals surface area (Å²) in [5.74, 6) is 1.00. The van der Waals surface area contributed by atoms with Gasteiger partial charge in [0.25, 0.3) is 5.91 Å². The number of nitrogens with zero attached hydrogens (tertiary/aromatic N) is 1. The lowest BCUT2D eigenvalue weighted by atomic mass is 10.1. The molecule has 1 aromatic carbocycles. The monoisotopic (exact) mass is 279 g/mol. The predicted molar refractivity (Wildman–Crippen MR) is 83.0 cm³/mol. The summed E-state index contributed by atoms with van der Waals surface area (Å²) in [5, 5.41) is 2.64. The van der Waals surface area contributed by atoms with E-state index in [1.807, 2.05) is 23.9 Å². The summed E-state index contributed by atoms with van der Waals surface area (Å²) in [7, 11) is 1.64. The Bertz CT molecular complexity index is 488. The van der Waals surface area contributed by atoms with Crippen molar-refractivity contribution in [2.75, 3.05) is 36.5 Å². The summed E-state index contributed by atoms with van der Waals surface area (Å²) >= 11 is 1.98. The van der Waals surface area contributed by atoms with Crippen molar-refractivity contribution in [1.82, 2.24) is 5.32 Å². The maximum atomic E-state index is 11.7. The molecule has 0 bridgehead atoms. The Balaban J connectivity index is 2.30. The van der Waals surface area contributed by atoms with Crippen LogP contribution >= 0.6 is 11.8 Å². The first-order valence-electron chi connectivity index (χ1n) is 6.43. The van der Waals surface area contributed by atoms with E-state index in [1.165, 1.54) is 0 Å². The van der Waals surface area contributed by atoms with Gasteiger partial charge in [-0.15, -0.1) is 0 Å². The van der Waals surface area contributed by atoms with Crippen molar-refractivity contribution in [2.45, 2.75) is 18.6 Å². The van der Waals surface area contributed by atoms with Crippen LogP contribution in [0.2, 0.25) is 0 Å². The normalized spacial score (nSPS) is 18.2. The second kappa shape index (κ2) is 5.33. The van der Waals surface area contributed by atoms with Crippen LogP contribution in [0, 0.1) is 0 Å². The first-order chi connectivity index (χ1) is 8.93. The van der Waals surface area contributed by atoms with E-state index in [1.54, 1.807) is 13.1 Å². The third-order valence-electron chi connectivity index (χ3n) is 3.29. The Morgan fingerprint density at radius 1 is 1.47 bits per heavy atom. The lowest BCUT2D eigenvalue weighted by Crippen LogP contribution is -2.43. The topological polar surface area (TPSA) is 58.4 Å². The van der Waals surface area contributed by atoms with Crippen LogP contribution in [0.1, 0.15) is 24.2 Å². The summed E-state index contributed by atoms with van der Waals surface area (Å²) in [4.78, 5) is 14.0. The van der Waals surface area contributed by atoms with Gasteiger partial charge in [0.05, 0.1) is 11.4 Å². The zero-order valence-electron chi connectivity index (χ0n) is 11.7. The van der Waals surface area contributed by atoms with Crippen molar-refractivity contribution < 1.29 is 4.79 Å². The minimum Gasteiger partial charge on any atom is -0.397 e. The summed E-state index contributed by atoms with van der Waals surface area (Å²) in [6.45, 7) is 6.39. The van der Waals surface area contributed by atoms with Gasteiger partial charge in [0, 0.05) is 36.2 Å². The van der Waals surface area contributed by atoms with E-state index < -0.39 is 0 Å². The average molecular weight is 279 g/mol. The molecule has 0 aliphatic carbocycles. The van der Waals surface area contributed by atoms with Gasteiger partial charge in [-0.3, -0.25) is 4.79 Å². The number of carbonyl (C=O) groups excluding carboxylic acids is 1. The van der Waals surface area contributed by atoms with E-state index in [9.17, 15) is 4.79 Å². The van der Waals surface area contributed by atoms with Crippen LogP contribution in [0.3, 0.4) is 0 Å². The van der Waals surface area contributed by atoms with Gasteiger partial charge in [-0.05, 0) is 32.0 Å². The van der Waals surface area contributed by atoms with Crippen molar-refractivity contribution in [3.05, 3.63) is 23.8 Å². The van der Waals surface area contributed by atoms with Crippen molar-refractivity contribution >= 4 is 29.0 Å². The van der Waals surface area contributed by atoms with Crippen LogP contribution in [-0.2, 0) is 0 Å². The molecule has 0 spiro atoms. The van der Waals surface area contributed by atoms with Gasteiger partial charge >= 0.3 is 0 Å². The van der Waals surface area contributed by atoms with Crippen molar-refractivity contribution in [2.24, 2.45) is 0 Å². The molecule has 1 aliphatic rings. The minimum absolute atomic E-state index is 0.0769. The molecular formula is C14H21N3OS. The Labute approximate surface area is 118 Å². The Hall–Kier alpha value is -1.36. The summed E-state index contributed by atoms with van der Waals surface area (Å²) in [6.07, 6.45) is 0.